The first-order chi connectivity index (χ1) is 18.2. The number of nitrogens with zero attached hydrogens (tertiary/aromatic N) is 2. The van der Waals surface area contributed by atoms with Gasteiger partial charge in [0, 0.05) is 37.4 Å². The summed E-state index contributed by atoms with van der Waals surface area (Å²) in [5.41, 5.74) is 1.30. The van der Waals surface area contributed by atoms with Crippen LogP contribution in [-0.2, 0) is 12.7 Å². The molecule has 9 heteroatoms. The molecular formula is C29H31F3N2O4. The number of benzene rings is 3. The van der Waals surface area contributed by atoms with E-state index in [0.717, 1.165) is 17.7 Å². The number of carbonyl (C=O) groups excluding carboxylic acids is 1. The van der Waals surface area contributed by atoms with Crippen LogP contribution in [0.4, 0.5) is 18.9 Å². The summed E-state index contributed by atoms with van der Waals surface area (Å²) in [6.45, 7) is 1.92. The molecule has 202 valence electrons. The molecule has 1 saturated heterocycles. The van der Waals surface area contributed by atoms with E-state index in [0.29, 0.717) is 61.0 Å². The Morgan fingerprint density at radius 2 is 1.50 bits per heavy atom. The molecule has 38 heavy (non-hydrogen) atoms. The van der Waals surface area contributed by atoms with Crippen molar-refractivity contribution in [2.75, 3.05) is 39.3 Å². The van der Waals surface area contributed by atoms with Gasteiger partial charge in [0.15, 0.2) is 11.5 Å². The predicted octanol–water partition coefficient (Wildman–Crippen LogP) is 6.04. The third-order valence-corrected chi connectivity index (χ3v) is 6.81. The van der Waals surface area contributed by atoms with Crippen molar-refractivity contribution in [3.63, 3.8) is 0 Å². The number of amides is 1. The fourth-order valence-electron chi connectivity index (χ4n) is 4.81. The third-order valence-electron chi connectivity index (χ3n) is 6.81. The molecule has 0 atom stereocenters. The highest BCUT2D eigenvalue weighted by atomic mass is 19.4. The zero-order valence-electron chi connectivity index (χ0n) is 21.6. The zero-order valence-corrected chi connectivity index (χ0v) is 21.6. The first kappa shape index (κ1) is 27.3. The van der Waals surface area contributed by atoms with Gasteiger partial charge in [-0.25, -0.2) is 0 Å². The van der Waals surface area contributed by atoms with E-state index in [1.165, 1.54) is 19.2 Å². The Bertz CT molecular complexity index is 1240. The van der Waals surface area contributed by atoms with Crippen LogP contribution in [0, 0.1) is 0 Å². The summed E-state index contributed by atoms with van der Waals surface area (Å²) in [6, 6.07) is 17.7. The van der Waals surface area contributed by atoms with Gasteiger partial charge in [-0.05, 0) is 54.8 Å². The molecule has 3 aromatic carbocycles. The molecule has 0 N–H and O–H groups in total. The number of likely N-dealkylation sites (tertiary alicyclic amines) is 1. The van der Waals surface area contributed by atoms with Crippen molar-refractivity contribution in [1.29, 1.82) is 0 Å². The topological polar surface area (TPSA) is 51.2 Å². The summed E-state index contributed by atoms with van der Waals surface area (Å²) >= 11 is 0. The smallest absolute Gasteiger partial charge is 0.416 e. The molecule has 0 spiro atoms. The lowest BCUT2D eigenvalue weighted by Crippen LogP contribution is -2.47. The van der Waals surface area contributed by atoms with Crippen LogP contribution >= 0.6 is 0 Å². The Morgan fingerprint density at radius 3 is 2.11 bits per heavy atom. The van der Waals surface area contributed by atoms with Crippen molar-refractivity contribution in [2.24, 2.45) is 0 Å². The van der Waals surface area contributed by atoms with E-state index in [9.17, 15) is 18.0 Å². The van der Waals surface area contributed by atoms with E-state index in [1.54, 1.807) is 49.5 Å². The number of halogens is 3. The minimum atomic E-state index is -4.35. The van der Waals surface area contributed by atoms with Gasteiger partial charge in [0.25, 0.3) is 5.91 Å². The average Bonchev–Trinajstić information content (AvgIpc) is 2.93. The van der Waals surface area contributed by atoms with Crippen LogP contribution in [0.15, 0.2) is 66.7 Å². The van der Waals surface area contributed by atoms with Crippen LogP contribution in [0.25, 0.3) is 0 Å². The zero-order chi connectivity index (χ0) is 27.3. The fourth-order valence-corrected chi connectivity index (χ4v) is 4.81. The van der Waals surface area contributed by atoms with Gasteiger partial charge < -0.3 is 19.1 Å². The van der Waals surface area contributed by atoms with Crippen LogP contribution in [-0.4, -0.2) is 51.3 Å². The average molecular weight is 529 g/mol. The van der Waals surface area contributed by atoms with Crippen LogP contribution in [0.1, 0.15) is 34.3 Å². The summed E-state index contributed by atoms with van der Waals surface area (Å²) < 4.78 is 55.0. The molecule has 1 aliphatic heterocycles. The van der Waals surface area contributed by atoms with Crippen LogP contribution in [0.3, 0.4) is 0 Å². The number of ether oxygens (including phenoxy) is 3. The molecule has 1 heterocycles. The standard InChI is InChI=1S/C29H31F3N2O4/c1-36-25-7-5-4-6-24(25)28(35)34(23-12-13-26(37-2)27(18-23)38-3)22-14-16-33(17-15-22)19-20-8-10-21(11-9-20)29(30,31)32/h4-13,18,22H,14-17,19H2,1-3H3. The van der Waals surface area contributed by atoms with Gasteiger partial charge in [-0.3, -0.25) is 9.69 Å². The van der Waals surface area contributed by atoms with Crippen LogP contribution < -0.4 is 19.1 Å². The van der Waals surface area contributed by atoms with Crippen molar-refractivity contribution in [3.8, 4) is 17.2 Å². The highest BCUT2D eigenvalue weighted by molar-refractivity contribution is 6.08. The number of para-hydroxylation sites is 1. The van der Waals surface area contributed by atoms with Crippen LogP contribution in [0.5, 0.6) is 17.2 Å². The molecular weight excluding hydrogens is 497 g/mol. The van der Waals surface area contributed by atoms with Gasteiger partial charge in [0.1, 0.15) is 5.75 Å². The fraction of sp³-hybridized carbons (Fsp3) is 0.345. The van der Waals surface area contributed by atoms with Gasteiger partial charge in [0.05, 0.1) is 32.5 Å². The van der Waals surface area contributed by atoms with Gasteiger partial charge in [-0.2, -0.15) is 13.2 Å². The Morgan fingerprint density at radius 1 is 0.868 bits per heavy atom. The normalized spacial score (nSPS) is 14.7. The van der Waals surface area contributed by atoms with Crippen LogP contribution in [0.2, 0.25) is 0 Å². The van der Waals surface area contributed by atoms with Gasteiger partial charge in [-0.1, -0.05) is 24.3 Å². The lowest BCUT2D eigenvalue weighted by atomic mass is 9.99. The number of piperidine rings is 1. The summed E-state index contributed by atoms with van der Waals surface area (Å²) in [5, 5.41) is 0. The number of hydrogen-bond acceptors (Lipinski definition) is 5. The molecule has 0 saturated carbocycles. The third kappa shape index (κ3) is 6.05. The molecule has 0 bridgehead atoms. The summed E-state index contributed by atoms with van der Waals surface area (Å²) in [7, 11) is 4.64. The van der Waals surface area contributed by atoms with Crippen molar-refractivity contribution >= 4 is 11.6 Å². The molecule has 4 rings (SSSR count). The quantitative estimate of drug-likeness (QED) is 0.357. The molecule has 0 aromatic heterocycles. The van der Waals surface area contributed by atoms with Gasteiger partial charge >= 0.3 is 6.18 Å². The predicted molar refractivity (Wildman–Crippen MR) is 139 cm³/mol. The highest BCUT2D eigenvalue weighted by Gasteiger charge is 2.32. The maximum absolute atomic E-state index is 13.9. The Kier molecular flexibility index (Phi) is 8.46. The second kappa shape index (κ2) is 11.8. The Hall–Kier alpha value is -3.72. The number of hydrogen-bond donors (Lipinski definition) is 0. The van der Waals surface area contributed by atoms with Gasteiger partial charge in [0.2, 0.25) is 0 Å². The van der Waals surface area contributed by atoms with Crippen molar-refractivity contribution in [2.45, 2.75) is 31.6 Å². The van der Waals surface area contributed by atoms with E-state index < -0.39 is 11.7 Å². The second-order valence-electron chi connectivity index (χ2n) is 9.12. The van der Waals surface area contributed by atoms with E-state index in [-0.39, 0.29) is 11.9 Å². The number of rotatable bonds is 8. The minimum absolute atomic E-state index is 0.102. The molecule has 3 aromatic rings. The number of anilines is 1. The van der Waals surface area contributed by atoms with Crippen molar-refractivity contribution < 1.29 is 32.2 Å². The summed E-state index contributed by atoms with van der Waals surface area (Å²) in [4.78, 5) is 17.9. The number of carbonyl (C=O) groups is 1. The Balaban J connectivity index is 1.55. The van der Waals surface area contributed by atoms with E-state index >= 15 is 0 Å². The van der Waals surface area contributed by atoms with E-state index in [4.69, 9.17) is 14.2 Å². The minimum Gasteiger partial charge on any atom is -0.496 e. The molecule has 0 radical (unpaired) electrons. The summed E-state index contributed by atoms with van der Waals surface area (Å²) in [5.74, 6) is 1.38. The number of alkyl halides is 3. The highest BCUT2D eigenvalue weighted by Crippen LogP contribution is 2.36. The molecule has 1 aliphatic rings. The lowest BCUT2D eigenvalue weighted by Gasteiger charge is -2.39. The molecule has 0 unspecified atom stereocenters. The molecule has 1 amide bonds. The second-order valence-corrected chi connectivity index (χ2v) is 9.12. The first-order valence-corrected chi connectivity index (χ1v) is 12.3. The van der Waals surface area contributed by atoms with Gasteiger partial charge in [-0.15, -0.1) is 0 Å². The molecule has 6 nitrogen and oxygen atoms in total. The maximum Gasteiger partial charge on any atom is 0.416 e. The van der Waals surface area contributed by atoms with Crippen molar-refractivity contribution in [3.05, 3.63) is 83.4 Å². The summed E-state index contributed by atoms with van der Waals surface area (Å²) in [6.07, 6.45) is -2.97. The maximum atomic E-state index is 13.9. The van der Waals surface area contributed by atoms with E-state index in [1.807, 2.05) is 12.1 Å². The van der Waals surface area contributed by atoms with E-state index in [2.05, 4.69) is 4.90 Å². The molecule has 1 fully saturated rings. The first-order valence-electron chi connectivity index (χ1n) is 12.3. The Labute approximate surface area is 220 Å². The number of methoxy groups -OCH3 is 3. The largest absolute Gasteiger partial charge is 0.496 e. The monoisotopic (exact) mass is 528 g/mol. The lowest BCUT2D eigenvalue weighted by molar-refractivity contribution is -0.137. The SMILES string of the molecule is COc1ccc(N(C(=O)c2ccccc2OC)C2CCN(Cc3ccc(C(F)(F)F)cc3)CC2)cc1OC. The van der Waals surface area contributed by atoms with Crippen molar-refractivity contribution in [1.82, 2.24) is 4.90 Å². The molecule has 0 aliphatic carbocycles.